The van der Waals surface area contributed by atoms with Crippen LogP contribution >= 0.6 is 0 Å². The van der Waals surface area contributed by atoms with E-state index >= 15 is 0 Å². The van der Waals surface area contributed by atoms with E-state index in [1.165, 1.54) is 5.56 Å². The Morgan fingerprint density at radius 3 is 2.38 bits per heavy atom. The van der Waals surface area contributed by atoms with E-state index in [0.29, 0.717) is 5.92 Å². The molecule has 0 radical (unpaired) electrons. The van der Waals surface area contributed by atoms with Crippen LogP contribution in [0.4, 0.5) is 5.69 Å². The molecule has 0 aliphatic rings. The predicted octanol–water partition coefficient (Wildman–Crippen LogP) is 4.85. The topological polar surface area (TPSA) is 29.1 Å². The van der Waals surface area contributed by atoms with Gasteiger partial charge in [-0.05, 0) is 41.7 Å². The van der Waals surface area contributed by atoms with Gasteiger partial charge in [-0.25, -0.2) is 0 Å². The molecule has 0 fully saturated rings. The Kier molecular flexibility index (Phi) is 5.33. The van der Waals surface area contributed by atoms with Gasteiger partial charge in [0.25, 0.3) is 0 Å². The molecule has 2 heteroatoms. The van der Waals surface area contributed by atoms with Gasteiger partial charge >= 0.3 is 0 Å². The molecule has 0 aromatic heterocycles. The number of hydrogen-bond donors (Lipinski definition) is 1. The maximum atomic E-state index is 11.9. The smallest absolute Gasteiger partial charge is 0.248 e. The third kappa shape index (κ3) is 4.60. The molecule has 0 bridgehead atoms. The molecule has 2 aromatic carbocycles. The minimum absolute atomic E-state index is 0.116. The first-order valence-corrected chi connectivity index (χ1v) is 7.33. The molecule has 0 saturated heterocycles. The van der Waals surface area contributed by atoms with Gasteiger partial charge in [0.15, 0.2) is 0 Å². The highest BCUT2D eigenvalue weighted by atomic mass is 16.1. The summed E-state index contributed by atoms with van der Waals surface area (Å²) in [5.41, 5.74) is 3.14. The molecule has 0 aliphatic heterocycles. The predicted molar refractivity (Wildman–Crippen MR) is 89.3 cm³/mol. The zero-order chi connectivity index (χ0) is 15.1. The summed E-state index contributed by atoms with van der Waals surface area (Å²) in [6, 6.07) is 17.8. The van der Waals surface area contributed by atoms with Crippen molar-refractivity contribution in [3.05, 3.63) is 71.8 Å². The first-order valence-electron chi connectivity index (χ1n) is 7.33. The number of carbonyl (C=O) groups is 1. The third-order valence-corrected chi connectivity index (χ3v) is 3.59. The van der Waals surface area contributed by atoms with Crippen LogP contribution in [0.25, 0.3) is 6.08 Å². The standard InChI is InChI=1S/C19H21NO/c1-3-15(2)17-10-12-18(13-11-17)20-19(21)14-9-16-7-5-4-6-8-16/h4-15H,3H2,1-2H3,(H,20,21)/b14-9+/t15-/m0/s1. The molecule has 1 atom stereocenters. The fraction of sp³-hybridized carbons (Fsp3) is 0.211. The first-order chi connectivity index (χ1) is 10.2. The van der Waals surface area contributed by atoms with Gasteiger partial charge in [-0.3, -0.25) is 4.79 Å². The fourth-order valence-corrected chi connectivity index (χ4v) is 2.05. The molecular weight excluding hydrogens is 258 g/mol. The number of hydrogen-bond acceptors (Lipinski definition) is 1. The van der Waals surface area contributed by atoms with Crippen molar-refractivity contribution in [2.75, 3.05) is 5.32 Å². The Morgan fingerprint density at radius 1 is 1.10 bits per heavy atom. The molecule has 108 valence electrons. The summed E-state index contributed by atoms with van der Waals surface area (Å²) >= 11 is 0. The Morgan fingerprint density at radius 2 is 1.76 bits per heavy atom. The molecule has 0 heterocycles. The second-order valence-corrected chi connectivity index (χ2v) is 5.16. The Hall–Kier alpha value is -2.35. The Labute approximate surface area is 126 Å². The SMILES string of the molecule is CC[C@H](C)c1ccc(NC(=O)/C=C/c2ccccc2)cc1. The Balaban J connectivity index is 1.95. The van der Waals surface area contributed by atoms with Gasteiger partial charge in [-0.2, -0.15) is 0 Å². The van der Waals surface area contributed by atoms with Crippen molar-refractivity contribution in [1.29, 1.82) is 0 Å². The highest BCUT2D eigenvalue weighted by Crippen LogP contribution is 2.20. The average molecular weight is 279 g/mol. The number of amides is 1. The van der Waals surface area contributed by atoms with Crippen LogP contribution in [0.1, 0.15) is 37.3 Å². The molecule has 0 aliphatic carbocycles. The zero-order valence-corrected chi connectivity index (χ0v) is 12.5. The number of nitrogens with one attached hydrogen (secondary N) is 1. The quantitative estimate of drug-likeness (QED) is 0.779. The third-order valence-electron chi connectivity index (χ3n) is 3.59. The van der Waals surface area contributed by atoms with Gasteiger partial charge in [0.05, 0.1) is 0 Å². The van der Waals surface area contributed by atoms with Crippen LogP contribution in [0.15, 0.2) is 60.7 Å². The number of carbonyl (C=O) groups excluding carboxylic acids is 1. The van der Waals surface area contributed by atoms with Crippen molar-refractivity contribution in [2.45, 2.75) is 26.2 Å². The second-order valence-electron chi connectivity index (χ2n) is 5.16. The van der Waals surface area contributed by atoms with E-state index in [1.54, 1.807) is 6.08 Å². The molecule has 1 amide bonds. The van der Waals surface area contributed by atoms with E-state index in [0.717, 1.165) is 17.7 Å². The van der Waals surface area contributed by atoms with Gasteiger partial charge in [0, 0.05) is 11.8 Å². The maximum Gasteiger partial charge on any atom is 0.248 e. The summed E-state index contributed by atoms with van der Waals surface area (Å²) < 4.78 is 0. The largest absolute Gasteiger partial charge is 0.323 e. The summed E-state index contributed by atoms with van der Waals surface area (Å²) in [7, 11) is 0. The summed E-state index contributed by atoms with van der Waals surface area (Å²) in [6.07, 6.45) is 4.48. The minimum atomic E-state index is -0.116. The lowest BCUT2D eigenvalue weighted by molar-refractivity contribution is -0.111. The summed E-state index contributed by atoms with van der Waals surface area (Å²) in [5, 5.41) is 2.87. The second kappa shape index (κ2) is 7.44. The summed E-state index contributed by atoms with van der Waals surface area (Å²) in [4.78, 5) is 11.9. The van der Waals surface area contributed by atoms with Gasteiger partial charge in [-0.15, -0.1) is 0 Å². The van der Waals surface area contributed by atoms with Crippen molar-refractivity contribution in [1.82, 2.24) is 0 Å². The molecule has 2 aromatic rings. The van der Waals surface area contributed by atoms with Crippen molar-refractivity contribution in [3.63, 3.8) is 0 Å². The summed E-state index contributed by atoms with van der Waals surface area (Å²) in [6.45, 7) is 4.38. The van der Waals surface area contributed by atoms with Crippen LogP contribution in [0, 0.1) is 0 Å². The van der Waals surface area contributed by atoms with Gasteiger partial charge < -0.3 is 5.32 Å². The molecule has 1 N–H and O–H groups in total. The van der Waals surface area contributed by atoms with Crippen LogP contribution < -0.4 is 5.32 Å². The van der Waals surface area contributed by atoms with E-state index in [1.807, 2.05) is 48.5 Å². The Bertz CT molecular complexity index is 599. The van der Waals surface area contributed by atoms with Gasteiger partial charge in [0.1, 0.15) is 0 Å². The van der Waals surface area contributed by atoms with Crippen LogP contribution in [0.3, 0.4) is 0 Å². The van der Waals surface area contributed by atoms with Crippen molar-refractivity contribution in [2.24, 2.45) is 0 Å². The summed E-state index contributed by atoms with van der Waals surface area (Å²) in [5.74, 6) is 0.433. The molecule has 2 nitrogen and oxygen atoms in total. The van der Waals surface area contributed by atoms with Crippen molar-refractivity contribution >= 4 is 17.7 Å². The van der Waals surface area contributed by atoms with Gasteiger partial charge in [0.2, 0.25) is 5.91 Å². The van der Waals surface area contributed by atoms with Crippen LogP contribution in [0.2, 0.25) is 0 Å². The minimum Gasteiger partial charge on any atom is -0.323 e. The molecular formula is C19H21NO. The lowest BCUT2D eigenvalue weighted by Crippen LogP contribution is -2.07. The van der Waals surface area contributed by atoms with E-state index in [9.17, 15) is 4.79 Å². The van der Waals surface area contributed by atoms with Gasteiger partial charge in [-0.1, -0.05) is 56.3 Å². The maximum absolute atomic E-state index is 11.9. The van der Waals surface area contributed by atoms with E-state index in [4.69, 9.17) is 0 Å². The molecule has 2 rings (SSSR count). The van der Waals surface area contributed by atoms with Crippen LogP contribution in [-0.4, -0.2) is 5.91 Å². The lowest BCUT2D eigenvalue weighted by Gasteiger charge is -2.09. The highest BCUT2D eigenvalue weighted by molar-refractivity contribution is 6.01. The molecule has 0 spiro atoms. The van der Waals surface area contributed by atoms with Crippen LogP contribution in [0.5, 0.6) is 0 Å². The zero-order valence-electron chi connectivity index (χ0n) is 12.5. The molecule has 0 unspecified atom stereocenters. The number of rotatable bonds is 5. The molecule has 0 saturated carbocycles. The lowest BCUT2D eigenvalue weighted by atomic mass is 9.99. The highest BCUT2D eigenvalue weighted by Gasteiger charge is 2.03. The van der Waals surface area contributed by atoms with E-state index in [2.05, 4.69) is 31.3 Å². The van der Waals surface area contributed by atoms with Crippen LogP contribution in [-0.2, 0) is 4.79 Å². The van der Waals surface area contributed by atoms with E-state index in [-0.39, 0.29) is 5.91 Å². The number of benzene rings is 2. The normalized spacial score (nSPS) is 12.3. The van der Waals surface area contributed by atoms with E-state index < -0.39 is 0 Å². The average Bonchev–Trinajstić information content (AvgIpc) is 2.54. The monoisotopic (exact) mass is 279 g/mol. The first kappa shape index (κ1) is 15.0. The fourth-order valence-electron chi connectivity index (χ4n) is 2.05. The van der Waals surface area contributed by atoms with Crippen molar-refractivity contribution < 1.29 is 4.79 Å². The van der Waals surface area contributed by atoms with Crippen molar-refractivity contribution in [3.8, 4) is 0 Å². The molecule has 21 heavy (non-hydrogen) atoms. The number of anilines is 1.